The number of aryl methyl sites for hydroxylation is 1. The Morgan fingerprint density at radius 2 is 2.38 bits per heavy atom. The first-order valence-corrected chi connectivity index (χ1v) is 5.32. The monoisotopic (exact) mass is 200 g/mol. The smallest absolute Gasteiger partial charge is 0.0897 e. The third-order valence-corrected chi connectivity index (χ3v) is 2.26. The molecule has 4 heteroatoms. The number of nitrogens with zero attached hydrogens (tertiary/aromatic N) is 1. The number of nitrogens with one attached hydrogen (secondary N) is 1. The number of thiazole rings is 1. The Morgan fingerprint density at radius 3 is 2.92 bits per heavy atom. The molecule has 0 amide bonds. The van der Waals surface area contributed by atoms with E-state index in [-0.39, 0.29) is 0 Å². The van der Waals surface area contributed by atoms with Gasteiger partial charge in [-0.2, -0.15) is 5.48 Å². The molecule has 0 unspecified atom stereocenters. The molecular weight excluding hydrogens is 184 g/mol. The molecule has 0 aliphatic rings. The quantitative estimate of drug-likeness (QED) is 0.584. The van der Waals surface area contributed by atoms with Crippen LogP contribution in [0, 0.1) is 12.8 Å². The number of hydrogen-bond donors (Lipinski definition) is 1. The predicted molar refractivity (Wildman–Crippen MR) is 54.5 cm³/mol. The maximum absolute atomic E-state index is 5.22. The van der Waals surface area contributed by atoms with Crippen LogP contribution in [0.15, 0.2) is 5.38 Å². The molecule has 0 spiro atoms. The molecule has 13 heavy (non-hydrogen) atoms. The Morgan fingerprint density at radius 1 is 1.62 bits per heavy atom. The van der Waals surface area contributed by atoms with E-state index in [4.69, 9.17) is 4.84 Å². The lowest BCUT2D eigenvalue weighted by Crippen LogP contribution is -2.17. The van der Waals surface area contributed by atoms with Gasteiger partial charge in [0.1, 0.15) is 0 Å². The van der Waals surface area contributed by atoms with Gasteiger partial charge in [0.15, 0.2) is 0 Å². The average molecular weight is 200 g/mol. The third kappa shape index (κ3) is 4.36. The first-order valence-electron chi connectivity index (χ1n) is 4.44. The van der Waals surface area contributed by atoms with Crippen molar-refractivity contribution in [2.24, 2.45) is 5.92 Å². The largest absolute Gasteiger partial charge is 0.301 e. The van der Waals surface area contributed by atoms with Gasteiger partial charge in [-0.3, -0.25) is 0 Å². The van der Waals surface area contributed by atoms with Gasteiger partial charge in [-0.15, -0.1) is 11.3 Å². The SMILES string of the molecule is Cc1nc(CNOCC(C)C)cs1. The maximum atomic E-state index is 5.22. The van der Waals surface area contributed by atoms with Crippen molar-refractivity contribution in [3.63, 3.8) is 0 Å². The molecule has 0 saturated heterocycles. The van der Waals surface area contributed by atoms with Crippen molar-refractivity contribution in [3.05, 3.63) is 16.1 Å². The number of rotatable bonds is 5. The molecule has 1 aromatic heterocycles. The van der Waals surface area contributed by atoms with E-state index in [0.29, 0.717) is 12.5 Å². The van der Waals surface area contributed by atoms with Gasteiger partial charge in [-0.05, 0) is 12.8 Å². The van der Waals surface area contributed by atoms with Gasteiger partial charge < -0.3 is 4.84 Å². The van der Waals surface area contributed by atoms with Gasteiger partial charge in [0, 0.05) is 5.38 Å². The maximum Gasteiger partial charge on any atom is 0.0897 e. The average Bonchev–Trinajstić information content (AvgIpc) is 2.45. The highest BCUT2D eigenvalue weighted by molar-refractivity contribution is 7.09. The lowest BCUT2D eigenvalue weighted by molar-refractivity contribution is 0.0191. The van der Waals surface area contributed by atoms with Crippen LogP contribution in [0.2, 0.25) is 0 Å². The van der Waals surface area contributed by atoms with Crippen LogP contribution in [0.25, 0.3) is 0 Å². The van der Waals surface area contributed by atoms with E-state index >= 15 is 0 Å². The summed E-state index contributed by atoms with van der Waals surface area (Å²) in [5.74, 6) is 0.560. The van der Waals surface area contributed by atoms with Gasteiger partial charge in [0.25, 0.3) is 0 Å². The second-order valence-electron chi connectivity index (χ2n) is 3.38. The molecule has 0 aliphatic carbocycles. The van der Waals surface area contributed by atoms with Crippen LogP contribution in [0.5, 0.6) is 0 Å². The lowest BCUT2D eigenvalue weighted by atomic mass is 10.2. The van der Waals surface area contributed by atoms with Crippen LogP contribution in [0.3, 0.4) is 0 Å². The van der Waals surface area contributed by atoms with E-state index in [1.54, 1.807) is 11.3 Å². The summed E-state index contributed by atoms with van der Waals surface area (Å²) in [4.78, 5) is 9.53. The molecule has 3 nitrogen and oxygen atoms in total. The van der Waals surface area contributed by atoms with Gasteiger partial charge in [-0.1, -0.05) is 13.8 Å². The van der Waals surface area contributed by atoms with Crippen molar-refractivity contribution in [2.45, 2.75) is 27.3 Å². The third-order valence-electron chi connectivity index (χ3n) is 1.44. The normalized spacial score (nSPS) is 11.1. The fourth-order valence-electron chi connectivity index (χ4n) is 0.840. The molecule has 0 aliphatic heterocycles. The highest BCUT2D eigenvalue weighted by Gasteiger charge is 1.98. The number of hydroxylamine groups is 1. The second-order valence-corrected chi connectivity index (χ2v) is 4.45. The summed E-state index contributed by atoms with van der Waals surface area (Å²) >= 11 is 1.66. The van der Waals surface area contributed by atoms with Crippen LogP contribution in [-0.4, -0.2) is 11.6 Å². The minimum absolute atomic E-state index is 0.560. The highest BCUT2D eigenvalue weighted by Crippen LogP contribution is 2.07. The molecule has 0 saturated carbocycles. The number of aromatic nitrogens is 1. The predicted octanol–water partition coefficient (Wildman–Crippen LogP) is 2.13. The summed E-state index contributed by atoms with van der Waals surface area (Å²) in [6, 6.07) is 0. The minimum atomic E-state index is 0.560. The molecule has 0 aromatic carbocycles. The van der Waals surface area contributed by atoms with Gasteiger partial charge in [0.05, 0.1) is 23.9 Å². The molecule has 0 fully saturated rings. The summed E-state index contributed by atoms with van der Waals surface area (Å²) in [6.07, 6.45) is 0. The zero-order valence-corrected chi connectivity index (χ0v) is 9.15. The van der Waals surface area contributed by atoms with E-state index in [1.165, 1.54) is 0 Å². The molecule has 1 aromatic rings. The topological polar surface area (TPSA) is 34.2 Å². The Hall–Kier alpha value is -0.450. The second kappa shape index (κ2) is 5.32. The van der Waals surface area contributed by atoms with Gasteiger partial charge >= 0.3 is 0 Å². The molecule has 0 radical (unpaired) electrons. The van der Waals surface area contributed by atoms with Crippen LogP contribution in [0.4, 0.5) is 0 Å². The Bertz CT molecular complexity index is 248. The summed E-state index contributed by atoms with van der Waals surface area (Å²) in [7, 11) is 0. The Kier molecular flexibility index (Phi) is 4.35. The fraction of sp³-hybridized carbons (Fsp3) is 0.667. The van der Waals surface area contributed by atoms with E-state index in [2.05, 4.69) is 24.3 Å². The molecule has 0 bridgehead atoms. The summed E-state index contributed by atoms with van der Waals surface area (Å²) < 4.78 is 0. The van der Waals surface area contributed by atoms with Crippen LogP contribution in [0.1, 0.15) is 24.5 Å². The van der Waals surface area contributed by atoms with Crippen molar-refractivity contribution < 1.29 is 4.84 Å². The van der Waals surface area contributed by atoms with Crippen molar-refractivity contribution in [1.82, 2.24) is 10.5 Å². The van der Waals surface area contributed by atoms with Crippen molar-refractivity contribution >= 4 is 11.3 Å². The summed E-state index contributed by atoms with van der Waals surface area (Å²) in [5, 5.41) is 3.14. The Balaban J connectivity index is 2.13. The van der Waals surface area contributed by atoms with Gasteiger partial charge in [-0.25, -0.2) is 4.98 Å². The van der Waals surface area contributed by atoms with Gasteiger partial charge in [0.2, 0.25) is 0 Å². The Labute approximate surface area is 83.1 Å². The first-order chi connectivity index (χ1) is 6.18. The molecule has 1 rings (SSSR count). The fourth-order valence-corrected chi connectivity index (χ4v) is 1.45. The molecular formula is C9H16N2OS. The summed E-state index contributed by atoms with van der Waals surface area (Å²) in [5.41, 5.74) is 3.94. The molecule has 1 N–H and O–H groups in total. The van der Waals surface area contributed by atoms with E-state index in [0.717, 1.165) is 17.3 Å². The van der Waals surface area contributed by atoms with Crippen LogP contribution >= 0.6 is 11.3 Å². The number of hydrogen-bond acceptors (Lipinski definition) is 4. The first kappa shape index (κ1) is 10.6. The lowest BCUT2D eigenvalue weighted by Gasteiger charge is -2.05. The van der Waals surface area contributed by atoms with E-state index < -0.39 is 0 Å². The standard InChI is InChI=1S/C9H16N2OS/c1-7(2)5-12-10-4-9-6-13-8(3)11-9/h6-7,10H,4-5H2,1-3H3. The molecule has 74 valence electrons. The van der Waals surface area contributed by atoms with Crippen molar-refractivity contribution in [2.75, 3.05) is 6.61 Å². The zero-order valence-electron chi connectivity index (χ0n) is 8.33. The minimum Gasteiger partial charge on any atom is -0.301 e. The van der Waals surface area contributed by atoms with Crippen LogP contribution in [-0.2, 0) is 11.4 Å². The summed E-state index contributed by atoms with van der Waals surface area (Å²) in [6.45, 7) is 7.67. The molecule has 1 heterocycles. The molecule has 0 atom stereocenters. The van der Waals surface area contributed by atoms with E-state index in [1.807, 2.05) is 12.3 Å². The van der Waals surface area contributed by atoms with Crippen molar-refractivity contribution in [1.29, 1.82) is 0 Å². The highest BCUT2D eigenvalue weighted by atomic mass is 32.1. The zero-order chi connectivity index (χ0) is 9.68. The van der Waals surface area contributed by atoms with Crippen molar-refractivity contribution in [3.8, 4) is 0 Å². The van der Waals surface area contributed by atoms with E-state index in [9.17, 15) is 0 Å². The van der Waals surface area contributed by atoms with Crippen LogP contribution < -0.4 is 5.48 Å².